The first kappa shape index (κ1) is 12.5. The van der Waals surface area contributed by atoms with Crippen LogP contribution in [0.25, 0.3) is 0 Å². The van der Waals surface area contributed by atoms with Crippen molar-refractivity contribution >= 4 is 12.1 Å². The minimum Gasteiger partial charge on any atom is -0.508 e. The zero-order valence-electron chi connectivity index (χ0n) is 9.70. The molecule has 0 aliphatic rings. The van der Waals surface area contributed by atoms with Crippen molar-refractivity contribution < 1.29 is 9.90 Å². The van der Waals surface area contributed by atoms with Crippen molar-refractivity contribution in [2.45, 2.75) is 0 Å². The van der Waals surface area contributed by atoms with Crippen molar-refractivity contribution in [3.63, 3.8) is 0 Å². The maximum Gasteiger partial charge on any atom is 0.291 e. The van der Waals surface area contributed by atoms with E-state index >= 15 is 0 Å². The van der Waals surface area contributed by atoms with Gasteiger partial charge in [0.05, 0.1) is 6.21 Å². The highest BCUT2D eigenvalue weighted by molar-refractivity contribution is 5.92. The van der Waals surface area contributed by atoms with Gasteiger partial charge in [-0.25, -0.2) is 10.5 Å². The first-order valence-corrected chi connectivity index (χ1v) is 5.33. The Balaban J connectivity index is 2.00. The molecule has 1 aromatic carbocycles. The van der Waals surface area contributed by atoms with Crippen LogP contribution in [-0.2, 0) is 0 Å². The van der Waals surface area contributed by atoms with Crippen LogP contribution in [0.4, 0.5) is 0 Å². The number of nitrogens with one attached hydrogen (secondary N) is 2. The maximum atomic E-state index is 11.6. The summed E-state index contributed by atoms with van der Waals surface area (Å²) in [5, 5.41) is 18.6. The van der Waals surface area contributed by atoms with E-state index < -0.39 is 5.91 Å². The van der Waals surface area contributed by atoms with Crippen molar-refractivity contribution in [3.05, 3.63) is 58.0 Å². The Kier molecular flexibility index (Phi) is 3.67. The fourth-order valence-corrected chi connectivity index (χ4v) is 1.30. The molecule has 1 amide bonds. The lowest BCUT2D eigenvalue weighted by atomic mass is 10.2. The zero-order valence-corrected chi connectivity index (χ0v) is 9.70. The number of hydrogen-bond acceptors (Lipinski definition) is 5. The Bertz CT molecular complexity index is 658. The predicted molar refractivity (Wildman–Crippen MR) is 68.0 cm³/mol. The van der Waals surface area contributed by atoms with Gasteiger partial charge in [-0.15, -0.1) is 0 Å². The summed E-state index contributed by atoms with van der Waals surface area (Å²) in [5.41, 5.74) is 2.54. The lowest BCUT2D eigenvalue weighted by Gasteiger charge is -1.98. The summed E-state index contributed by atoms with van der Waals surface area (Å²) < 4.78 is 0. The third kappa shape index (κ3) is 3.50. The molecule has 0 radical (unpaired) electrons. The summed E-state index contributed by atoms with van der Waals surface area (Å²) in [5.74, 6) is -0.440. The van der Waals surface area contributed by atoms with Gasteiger partial charge < -0.3 is 5.11 Å². The summed E-state index contributed by atoms with van der Waals surface area (Å²) in [6.45, 7) is 0. The summed E-state index contributed by atoms with van der Waals surface area (Å²) in [6, 6.07) is 8.88. The van der Waals surface area contributed by atoms with Gasteiger partial charge in [-0.1, -0.05) is 12.1 Å². The van der Waals surface area contributed by atoms with Gasteiger partial charge in [0, 0.05) is 6.07 Å². The second-order valence-electron chi connectivity index (χ2n) is 3.60. The van der Waals surface area contributed by atoms with Gasteiger partial charge in [-0.05, 0) is 23.8 Å². The molecule has 19 heavy (non-hydrogen) atoms. The van der Waals surface area contributed by atoms with Crippen LogP contribution in [0.1, 0.15) is 16.1 Å². The van der Waals surface area contributed by atoms with E-state index in [4.69, 9.17) is 0 Å². The van der Waals surface area contributed by atoms with Crippen LogP contribution in [-0.4, -0.2) is 27.4 Å². The van der Waals surface area contributed by atoms with Gasteiger partial charge in [0.1, 0.15) is 5.75 Å². The Morgan fingerprint density at radius 1 is 1.37 bits per heavy atom. The Hall–Kier alpha value is -2.96. The number of amides is 1. The van der Waals surface area contributed by atoms with Crippen LogP contribution in [0.2, 0.25) is 0 Å². The molecule has 1 heterocycles. The molecule has 1 aromatic heterocycles. The quantitative estimate of drug-likeness (QED) is 0.541. The Labute approximate surface area is 107 Å². The van der Waals surface area contributed by atoms with E-state index in [0.29, 0.717) is 5.56 Å². The van der Waals surface area contributed by atoms with E-state index in [2.05, 4.69) is 20.7 Å². The standard InChI is InChI=1S/C12H10N4O3/c17-9-3-1-2-8(6-9)7-13-16-12(19)10-4-5-11(18)15-14-10/h1-7,17H,(H,15,18)(H,16,19)/b13-7-. The number of aromatic hydroxyl groups is 1. The Morgan fingerprint density at radius 2 is 2.21 bits per heavy atom. The van der Waals surface area contributed by atoms with E-state index in [0.717, 1.165) is 0 Å². The van der Waals surface area contributed by atoms with Crippen molar-refractivity contribution in [3.8, 4) is 5.75 Å². The lowest BCUT2D eigenvalue weighted by Crippen LogP contribution is -2.21. The second kappa shape index (κ2) is 5.58. The van der Waals surface area contributed by atoms with Gasteiger partial charge in [-0.3, -0.25) is 9.59 Å². The third-order valence-corrected chi connectivity index (χ3v) is 2.16. The monoisotopic (exact) mass is 258 g/mol. The average molecular weight is 258 g/mol. The number of aromatic amines is 1. The number of phenolic OH excluding ortho intramolecular Hbond substituents is 1. The fourth-order valence-electron chi connectivity index (χ4n) is 1.30. The van der Waals surface area contributed by atoms with Crippen LogP contribution >= 0.6 is 0 Å². The van der Waals surface area contributed by atoms with Crippen LogP contribution in [0.15, 0.2) is 46.3 Å². The molecular formula is C12H10N4O3. The smallest absolute Gasteiger partial charge is 0.291 e. The first-order valence-electron chi connectivity index (χ1n) is 5.33. The SMILES string of the molecule is O=C(N/N=C\c1cccc(O)c1)c1ccc(=O)[nH]n1. The second-order valence-corrected chi connectivity index (χ2v) is 3.60. The van der Waals surface area contributed by atoms with Crippen molar-refractivity contribution in [2.24, 2.45) is 5.10 Å². The number of phenols is 1. The number of hydrazone groups is 1. The van der Waals surface area contributed by atoms with Gasteiger partial charge in [0.2, 0.25) is 0 Å². The number of carbonyl (C=O) groups is 1. The molecule has 0 saturated heterocycles. The van der Waals surface area contributed by atoms with Gasteiger partial charge in [-0.2, -0.15) is 10.2 Å². The predicted octanol–water partition coefficient (Wildman–Crippen LogP) is 0.239. The van der Waals surface area contributed by atoms with Crippen LogP contribution in [0.3, 0.4) is 0 Å². The topological polar surface area (TPSA) is 107 Å². The number of aromatic nitrogens is 2. The number of nitrogens with zero attached hydrogens (tertiary/aromatic N) is 2. The molecule has 0 spiro atoms. The molecular weight excluding hydrogens is 248 g/mol. The molecule has 0 unspecified atom stereocenters. The van der Waals surface area contributed by atoms with Crippen LogP contribution in [0.5, 0.6) is 5.75 Å². The van der Waals surface area contributed by atoms with E-state index in [1.54, 1.807) is 12.1 Å². The Morgan fingerprint density at radius 3 is 2.89 bits per heavy atom. The highest BCUT2D eigenvalue weighted by atomic mass is 16.3. The first-order chi connectivity index (χ1) is 9.15. The molecule has 0 fully saturated rings. The third-order valence-electron chi connectivity index (χ3n) is 2.16. The largest absolute Gasteiger partial charge is 0.508 e. The lowest BCUT2D eigenvalue weighted by molar-refractivity contribution is 0.0949. The molecule has 3 N–H and O–H groups in total. The summed E-state index contributed by atoms with van der Waals surface area (Å²) >= 11 is 0. The van der Waals surface area contributed by atoms with E-state index in [1.165, 1.54) is 30.5 Å². The number of benzene rings is 1. The molecule has 7 nitrogen and oxygen atoms in total. The minimum atomic E-state index is -0.548. The molecule has 0 aliphatic carbocycles. The van der Waals surface area contributed by atoms with Crippen LogP contribution in [0, 0.1) is 0 Å². The molecule has 0 aliphatic heterocycles. The highest BCUT2D eigenvalue weighted by Gasteiger charge is 2.05. The van der Waals surface area contributed by atoms with E-state index in [9.17, 15) is 14.7 Å². The number of H-pyrrole nitrogens is 1. The maximum absolute atomic E-state index is 11.6. The summed E-state index contributed by atoms with van der Waals surface area (Å²) in [7, 11) is 0. The molecule has 0 bridgehead atoms. The number of carbonyl (C=O) groups excluding carboxylic acids is 1. The molecule has 0 atom stereocenters. The molecule has 0 saturated carbocycles. The normalized spacial score (nSPS) is 10.5. The summed E-state index contributed by atoms with van der Waals surface area (Å²) in [6.07, 6.45) is 1.38. The van der Waals surface area contributed by atoms with Crippen LogP contribution < -0.4 is 11.0 Å². The molecule has 96 valence electrons. The van der Waals surface area contributed by atoms with E-state index in [-0.39, 0.29) is 17.0 Å². The van der Waals surface area contributed by atoms with Crippen molar-refractivity contribution in [2.75, 3.05) is 0 Å². The summed E-state index contributed by atoms with van der Waals surface area (Å²) in [4.78, 5) is 22.3. The molecule has 2 rings (SSSR count). The van der Waals surface area contributed by atoms with Gasteiger partial charge >= 0.3 is 0 Å². The molecule has 7 heteroatoms. The van der Waals surface area contributed by atoms with Crippen molar-refractivity contribution in [1.29, 1.82) is 0 Å². The highest BCUT2D eigenvalue weighted by Crippen LogP contribution is 2.08. The number of rotatable bonds is 3. The van der Waals surface area contributed by atoms with E-state index in [1.807, 2.05) is 0 Å². The van der Waals surface area contributed by atoms with Gasteiger partial charge in [0.15, 0.2) is 5.69 Å². The minimum absolute atomic E-state index is 0.0488. The van der Waals surface area contributed by atoms with Crippen molar-refractivity contribution in [1.82, 2.24) is 15.6 Å². The fraction of sp³-hybridized carbons (Fsp3) is 0. The molecule has 2 aromatic rings. The average Bonchev–Trinajstić information content (AvgIpc) is 2.39. The number of hydrogen-bond donors (Lipinski definition) is 3. The van der Waals surface area contributed by atoms with Gasteiger partial charge in [0.25, 0.3) is 11.5 Å². The zero-order chi connectivity index (χ0) is 13.7.